The number of amides is 1. The summed E-state index contributed by atoms with van der Waals surface area (Å²) in [6, 6.07) is 21.0. The van der Waals surface area contributed by atoms with Gasteiger partial charge in [0.1, 0.15) is 35.3 Å². The third-order valence-electron chi connectivity index (χ3n) is 13.2. The number of ether oxygens (including phenoxy) is 4. The molecule has 1 amide bonds. The summed E-state index contributed by atoms with van der Waals surface area (Å²) >= 11 is 0. The third kappa shape index (κ3) is 8.14. The minimum absolute atomic E-state index is 0. The normalized spacial score (nSPS) is 32.3. The summed E-state index contributed by atoms with van der Waals surface area (Å²) in [5.41, 5.74) is -7.00. The summed E-state index contributed by atoms with van der Waals surface area (Å²) in [7, 11) is 1.47. The second-order valence-corrected chi connectivity index (χ2v) is 16.6. The molecule has 1 aliphatic heterocycles. The average Bonchev–Trinajstić information content (AvgIpc) is 3.22. The van der Waals surface area contributed by atoms with Crippen LogP contribution in [0.3, 0.4) is 0 Å². The molecule has 0 aromatic heterocycles. The Labute approximate surface area is 419 Å². The van der Waals surface area contributed by atoms with E-state index in [4.69, 9.17) is 18.9 Å². The predicted molar refractivity (Wildman–Crippen MR) is 205 cm³/mol. The van der Waals surface area contributed by atoms with Crippen LogP contribution < -0.4 is 10.1 Å². The van der Waals surface area contributed by atoms with E-state index in [9.17, 15) is 44.7 Å². The molecular weight excluding hydrogens is 1200 g/mol. The summed E-state index contributed by atoms with van der Waals surface area (Å²) in [5, 5.41) is 63.8. The number of ketones is 1. The molecule has 2 bridgehead atoms. The van der Waals surface area contributed by atoms with E-state index in [1.54, 1.807) is 86.6 Å². The van der Waals surface area contributed by atoms with Crippen LogP contribution in [0, 0.1) is 105 Å². The third-order valence-corrected chi connectivity index (χ3v) is 13.2. The number of carbonyl (C=O) groups is 4. The Hall–Kier alpha value is -2.08. The zero-order chi connectivity index (χ0) is 41.9. The van der Waals surface area contributed by atoms with Crippen molar-refractivity contribution in [2.45, 2.75) is 94.4 Å². The molecule has 314 valence electrons. The molecule has 16 heteroatoms. The van der Waals surface area contributed by atoms with E-state index >= 15 is 0 Å². The van der Waals surface area contributed by atoms with Crippen molar-refractivity contribution in [2.75, 3.05) is 13.7 Å². The van der Waals surface area contributed by atoms with E-state index in [1.807, 2.05) is 0 Å². The first kappa shape index (κ1) is 48.9. The molecule has 0 spiro atoms. The number of hydrogen-bond acceptors (Lipinski definition) is 13. The van der Waals surface area contributed by atoms with Gasteiger partial charge in [-0.05, 0) is 67.0 Å². The fourth-order valence-corrected chi connectivity index (χ4v) is 9.69. The van der Waals surface area contributed by atoms with Gasteiger partial charge < -0.3 is 49.8 Å². The number of aliphatic hydroxyl groups is 5. The van der Waals surface area contributed by atoms with E-state index in [1.165, 1.54) is 33.1 Å². The van der Waals surface area contributed by atoms with Gasteiger partial charge in [0.2, 0.25) is 0 Å². The van der Waals surface area contributed by atoms with Gasteiger partial charge in [-0.25, -0.2) is 9.59 Å². The van der Waals surface area contributed by atoms with Crippen molar-refractivity contribution in [1.82, 2.24) is 5.32 Å². The van der Waals surface area contributed by atoms with Crippen molar-refractivity contribution in [3.8, 4) is 5.75 Å². The summed E-state index contributed by atoms with van der Waals surface area (Å²) < 4.78 is 23.2. The standard InChI is InChI=1S/C44H49NO13.2Ac/c1-23-28(57-40(52)34(48)32(24-16-18-27(55-5)19-17-24)45-38(50)25-12-8-6-9-13-25)21-44(54)37(58-39(51)26-14-10-7-11-15-26)35-42(4,29(46)20-30-43(35,53)22-56-30)36(49)33(47)31(23)41(44,2)3;;/h6-19,28-30,32-35,37,46-48,53-54H,20-22H2,1-5H3,(H,45,50);;/t28?,29?,30?,32-,33?,34?,35?,37?,42+,43?,44?;;/m0../s1. The number of aliphatic hydroxyl groups excluding tert-OH is 3. The number of nitrogens with one attached hydrogen (secondary N) is 1. The van der Waals surface area contributed by atoms with Gasteiger partial charge in [-0.2, -0.15) is 0 Å². The Balaban J connectivity index is 0.00000341. The maximum atomic E-state index is 14.8. The molecule has 6 N–H and O–H groups in total. The minimum Gasteiger partial charge on any atom is -0.497 e. The van der Waals surface area contributed by atoms with E-state index in [-0.39, 0.29) is 123 Å². The molecule has 4 aliphatic rings. The van der Waals surface area contributed by atoms with Gasteiger partial charge in [-0.15, -0.1) is 0 Å². The number of methoxy groups -OCH3 is 1. The van der Waals surface area contributed by atoms with Crippen molar-refractivity contribution in [3.63, 3.8) is 0 Å². The molecule has 2 radical (unpaired) electrons. The Kier molecular flexibility index (Phi) is 15.1. The molecule has 2 saturated carbocycles. The molecule has 1 saturated heterocycles. The number of hydrogen-bond donors (Lipinski definition) is 6. The Morgan fingerprint density at radius 2 is 1.45 bits per heavy atom. The van der Waals surface area contributed by atoms with E-state index in [0.29, 0.717) is 11.3 Å². The molecule has 3 aromatic rings. The van der Waals surface area contributed by atoms with Crippen LogP contribution >= 0.6 is 0 Å². The van der Waals surface area contributed by atoms with Crippen molar-refractivity contribution >= 4 is 23.6 Å². The number of esters is 2. The van der Waals surface area contributed by atoms with Crippen molar-refractivity contribution in [2.24, 2.45) is 16.7 Å². The van der Waals surface area contributed by atoms with E-state index in [0.717, 1.165) is 0 Å². The number of rotatable bonds is 9. The molecule has 3 fully saturated rings. The van der Waals surface area contributed by atoms with Crippen molar-refractivity contribution in [3.05, 3.63) is 113 Å². The van der Waals surface area contributed by atoms with Crippen LogP contribution in [0.2, 0.25) is 0 Å². The van der Waals surface area contributed by atoms with Crippen LogP contribution in [-0.2, 0) is 23.8 Å². The fourth-order valence-electron chi connectivity index (χ4n) is 9.69. The van der Waals surface area contributed by atoms with Gasteiger partial charge in [0.25, 0.3) is 5.91 Å². The first-order chi connectivity index (χ1) is 27.4. The Bertz CT molecular complexity index is 2120. The topological polar surface area (TPSA) is 218 Å². The van der Waals surface area contributed by atoms with Gasteiger partial charge >= 0.3 is 11.9 Å². The molecule has 7 rings (SSSR count). The van der Waals surface area contributed by atoms with Crippen LogP contribution in [0.25, 0.3) is 0 Å². The van der Waals surface area contributed by atoms with E-state index < -0.39 is 101 Å². The van der Waals surface area contributed by atoms with Gasteiger partial charge in [0.05, 0.1) is 42.9 Å². The number of benzene rings is 3. The fraction of sp³-hybridized carbons (Fsp3) is 0.455. The molecule has 11 atom stereocenters. The molecule has 3 aromatic carbocycles. The Morgan fingerprint density at radius 3 is 2.00 bits per heavy atom. The molecule has 60 heavy (non-hydrogen) atoms. The Morgan fingerprint density at radius 1 is 0.867 bits per heavy atom. The molecule has 14 nitrogen and oxygen atoms in total. The maximum Gasteiger partial charge on any atom is 0.338 e. The quantitative estimate of drug-likeness (QED) is 0.134. The molecule has 1 heterocycles. The van der Waals surface area contributed by atoms with Crippen LogP contribution in [0.15, 0.2) is 96.1 Å². The second kappa shape index (κ2) is 18.6. The van der Waals surface area contributed by atoms with Gasteiger partial charge in [-0.3, -0.25) is 9.59 Å². The SMILES string of the molecule is COc1ccc([C@H](NC(=O)c2ccccc2)C(O)C(=O)OC2CC3(O)C(OC(=O)c4ccccc4)C4C5(O)COC5CC(O)[C@@]4(C)C(=O)C(O)C(=C2C)C3(C)C)cc1.[Ac].[Ac]. The van der Waals surface area contributed by atoms with Crippen LogP contribution in [0.5, 0.6) is 5.75 Å². The zero-order valence-corrected chi connectivity index (χ0v) is 43.5. The van der Waals surface area contributed by atoms with Crippen LogP contribution in [-0.4, -0.2) is 111 Å². The van der Waals surface area contributed by atoms with Crippen molar-refractivity contribution in [1.29, 1.82) is 0 Å². The first-order valence-corrected chi connectivity index (χ1v) is 19.2. The number of fused-ring (bicyclic) bond motifs is 5. The summed E-state index contributed by atoms with van der Waals surface area (Å²) in [6.07, 6.45) is -10.4. The molecule has 9 unspecified atom stereocenters. The maximum absolute atomic E-state index is 14.8. The zero-order valence-electron chi connectivity index (χ0n) is 34.0. The second-order valence-electron chi connectivity index (χ2n) is 16.6. The molecular formula is C44H49Ac2NO13. The number of carbonyl (C=O) groups excluding carboxylic acids is 4. The van der Waals surface area contributed by atoms with Crippen LogP contribution in [0.1, 0.15) is 72.9 Å². The predicted octanol–water partition coefficient (Wildman–Crippen LogP) is 2.60. The van der Waals surface area contributed by atoms with E-state index in [2.05, 4.69) is 5.32 Å². The minimum atomic E-state index is -2.32. The monoisotopic (exact) mass is 1250 g/mol. The van der Waals surface area contributed by atoms with Crippen LogP contribution in [0.4, 0.5) is 0 Å². The molecule has 3 aliphatic carbocycles. The smallest absolute Gasteiger partial charge is 0.338 e. The summed E-state index contributed by atoms with van der Waals surface area (Å²) in [5.74, 6) is -4.67. The van der Waals surface area contributed by atoms with Gasteiger partial charge in [0, 0.05) is 118 Å². The first-order valence-electron chi connectivity index (χ1n) is 19.2. The van der Waals surface area contributed by atoms with Gasteiger partial charge in [0.15, 0.2) is 11.9 Å². The number of Topliss-reactive ketones (excluding diaryl/α,β-unsaturated/α-hetero) is 1. The largest absolute Gasteiger partial charge is 0.497 e. The van der Waals surface area contributed by atoms with Gasteiger partial charge in [-0.1, -0.05) is 62.4 Å². The van der Waals surface area contributed by atoms with Crippen molar-refractivity contribution < 1.29 is 152 Å². The average molecular weight is 1250 g/mol. The summed E-state index contributed by atoms with van der Waals surface area (Å²) in [4.78, 5) is 56.3. The summed E-state index contributed by atoms with van der Waals surface area (Å²) in [6.45, 7) is 5.69.